The van der Waals surface area contributed by atoms with Gasteiger partial charge in [-0.05, 0) is 52.8 Å². The van der Waals surface area contributed by atoms with Gasteiger partial charge in [0.25, 0.3) is 0 Å². The van der Waals surface area contributed by atoms with E-state index in [0.29, 0.717) is 0 Å². The van der Waals surface area contributed by atoms with Gasteiger partial charge in [-0.2, -0.15) is 10.2 Å². The summed E-state index contributed by atoms with van der Waals surface area (Å²) in [5, 5.41) is 15.3. The molecule has 0 fully saturated rings. The number of hydrogen-bond acceptors (Lipinski definition) is 8. The molecule has 53 heavy (non-hydrogen) atoms. The normalized spacial score (nSPS) is 11.2. The fraction of sp³-hybridized carbons (Fsp3) is 0.222. The zero-order valence-electron chi connectivity index (χ0n) is 30.4. The Morgan fingerprint density at radius 2 is 0.962 bits per heavy atom. The van der Waals surface area contributed by atoms with Crippen LogP contribution in [0.1, 0.15) is 52.7 Å². The first-order chi connectivity index (χ1) is 25.1. The van der Waals surface area contributed by atoms with Gasteiger partial charge in [0.05, 0.1) is 17.6 Å². The summed E-state index contributed by atoms with van der Waals surface area (Å²) in [6.07, 6.45) is 9.86. The number of hydrogen-bond donors (Lipinski definition) is 0. The molecule has 4 aromatic heterocycles. The first-order valence-corrected chi connectivity index (χ1v) is 46.1. The molecule has 0 bridgehead atoms. The third-order valence-corrected chi connectivity index (χ3v) is 7.00. The fourth-order valence-corrected chi connectivity index (χ4v) is 4.46. The van der Waals surface area contributed by atoms with Crippen molar-refractivity contribution in [2.24, 2.45) is 0 Å². The predicted molar refractivity (Wildman–Crippen MR) is 214 cm³/mol. The van der Waals surface area contributed by atoms with Gasteiger partial charge in [-0.3, -0.25) is 15.0 Å². The summed E-state index contributed by atoms with van der Waals surface area (Å²) < 4.78 is 0. The van der Waals surface area contributed by atoms with Crippen molar-refractivity contribution in [1.82, 2.24) is 40.3 Å². The van der Waals surface area contributed by atoms with E-state index in [1.54, 1.807) is 37.4 Å². The summed E-state index contributed by atoms with van der Waals surface area (Å²) in [5.41, 5.74) is 9.93. The third kappa shape index (κ3) is 19.0. The van der Waals surface area contributed by atoms with Crippen LogP contribution in [0.15, 0.2) is 104 Å². The molecule has 0 unspecified atom stereocenters. The van der Waals surface area contributed by atoms with Crippen molar-refractivity contribution in [2.75, 3.05) is 0 Å². The van der Waals surface area contributed by atoms with Crippen LogP contribution < -0.4 is 0 Å². The molecule has 17 heteroatoms. The van der Waals surface area contributed by atoms with Crippen molar-refractivity contribution >= 4 is 110 Å². The fourth-order valence-electron chi connectivity index (χ4n) is 4.46. The number of benzene rings is 2. The summed E-state index contributed by atoms with van der Waals surface area (Å²) in [5.74, 6) is 0. The molecule has 0 radical (unpaired) electrons. The Balaban J connectivity index is 0.000000301. The van der Waals surface area contributed by atoms with Crippen molar-refractivity contribution in [3.05, 3.63) is 121 Å². The Morgan fingerprint density at radius 1 is 0.547 bits per heavy atom. The Morgan fingerprint density at radius 3 is 1.38 bits per heavy atom. The quantitative estimate of drug-likeness (QED) is 0.127. The Bertz CT molecular complexity index is 1680. The van der Waals surface area contributed by atoms with Gasteiger partial charge >= 0.3 is 141 Å². The molecule has 4 heterocycles. The van der Waals surface area contributed by atoms with Gasteiger partial charge in [0, 0.05) is 41.1 Å². The average molecular weight is 1230 g/mol. The molecule has 0 spiro atoms. The van der Waals surface area contributed by atoms with E-state index < -0.39 is 11.9 Å². The Hall–Kier alpha value is 0.859. The van der Waals surface area contributed by atoms with Crippen LogP contribution in [0.25, 0.3) is 45.0 Å². The van der Waals surface area contributed by atoms with Gasteiger partial charge in [0.15, 0.2) is 0 Å². The summed E-state index contributed by atoms with van der Waals surface area (Å²) in [6, 6.07) is 25.9. The maximum atomic E-state index is 5.01. The molecule has 8 nitrogen and oxygen atoms in total. The Kier molecular flexibility index (Phi) is 23.9. The van der Waals surface area contributed by atoms with E-state index in [1.807, 2.05) is 42.6 Å². The van der Waals surface area contributed by atoms with E-state index in [0.717, 1.165) is 45.0 Å². The minimum absolute atomic E-state index is 0.0217. The van der Waals surface area contributed by atoms with Gasteiger partial charge in [0.2, 0.25) is 0 Å². The second-order valence-corrected chi connectivity index (χ2v) is 32.4. The molecule has 2 aromatic carbocycles. The molecule has 0 aliphatic rings. The molecule has 0 aliphatic carbocycles. The number of pyridine rings is 2. The number of aromatic nitrogens is 8. The second kappa shape index (κ2) is 25.4. The van der Waals surface area contributed by atoms with Gasteiger partial charge in [-0.15, -0.1) is 34.0 Å². The molecule has 0 saturated heterocycles. The van der Waals surface area contributed by atoms with Gasteiger partial charge in [0.1, 0.15) is 12.7 Å². The van der Waals surface area contributed by atoms with Crippen molar-refractivity contribution in [3.8, 4) is 45.0 Å². The van der Waals surface area contributed by atoms with E-state index in [9.17, 15) is 0 Å². The zero-order valence-corrected chi connectivity index (χ0v) is 45.0. The third-order valence-electron chi connectivity index (χ3n) is 7.00. The first-order valence-electron chi connectivity index (χ1n) is 16.0. The van der Waals surface area contributed by atoms with Crippen LogP contribution in [0.2, 0.25) is 0 Å². The molecule has 0 amide bonds. The molecular formula is C36H35Cl5K2N8Pt2. The van der Waals surface area contributed by atoms with E-state index >= 15 is 0 Å². The van der Waals surface area contributed by atoms with Crippen molar-refractivity contribution in [3.63, 3.8) is 0 Å². The van der Waals surface area contributed by atoms with Crippen molar-refractivity contribution in [1.29, 1.82) is 0 Å². The summed E-state index contributed by atoms with van der Waals surface area (Å²) >= 11 is 1.06. The molecule has 6 rings (SSSR count). The topological polar surface area (TPSA) is 103 Å². The second-order valence-electron chi connectivity index (χ2n) is 12.7. The van der Waals surface area contributed by atoms with Crippen LogP contribution in [-0.4, -0.2) is 103 Å². The molecular weight excluding hydrogens is 1190 g/mol. The van der Waals surface area contributed by atoms with Gasteiger partial charge in [-0.25, -0.2) is 4.98 Å². The zero-order chi connectivity index (χ0) is 39.7. The molecule has 6 aromatic rings. The van der Waals surface area contributed by atoms with E-state index in [2.05, 4.69) is 128 Å². The monoisotopic (exact) mass is 1220 g/mol. The van der Waals surface area contributed by atoms with E-state index in [4.69, 9.17) is 37.7 Å². The molecule has 0 N–H and O–H groups in total. The summed E-state index contributed by atoms with van der Waals surface area (Å²) in [7, 11) is 24.6. The minimum atomic E-state index is -3.06. The van der Waals surface area contributed by atoms with Gasteiger partial charge < -0.3 is 0 Å². The molecule has 0 atom stereocenters. The number of nitrogens with zero attached hydrogens (tertiary/aromatic N) is 8. The first kappa shape index (κ1) is 50.0. The molecule has 0 saturated carbocycles. The van der Waals surface area contributed by atoms with Crippen molar-refractivity contribution in [2.45, 2.75) is 52.4 Å². The molecule has 0 aliphatic heterocycles. The number of halogens is 5. The number of rotatable bonds is 4. The van der Waals surface area contributed by atoms with Crippen LogP contribution in [-0.2, 0) is 41.5 Å². The summed E-state index contributed by atoms with van der Waals surface area (Å²) in [6.45, 7) is 13.2. The van der Waals surface area contributed by atoms with E-state index in [1.165, 1.54) is 86.9 Å². The molecule has 276 valence electrons. The van der Waals surface area contributed by atoms with Crippen LogP contribution in [0.4, 0.5) is 0 Å². The van der Waals surface area contributed by atoms with Crippen molar-refractivity contribution < 1.29 is 30.7 Å². The van der Waals surface area contributed by atoms with Crippen LogP contribution >= 0.6 is 47.1 Å². The summed E-state index contributed by atoms with van der Waals surface area (Å²) in [4.78, 5) is 17.5. The van der Waals surface area contributed by atoms with Crippen LogP contribution in [0, 0.1) is 6.07 Å². The maximum absolute atomic E-state index is 5.01. The van der Waals surface area contributed by atoms with Gasteiger partial charge in [-0.1, -0.05) is 70.9 Å². The van der Waals surface area contributed by atoms with E-state index in [-0.39, 0.29) is 10.8 Å². The average Bonchev–Trinajstić information content (AvgIpc) is 3.16. The Labute approximate surface area is 392 Å². The standard InChI is InChI=1S/C18H18N4.C18H17N4.5ClH.2K.2Pt/c2*1-18(2,3)15-9-13(16-6-4-5-7-19-16)8-14(10-15)17-11-21-22-12-20-17;;;;;;;;;/h4-12H,1-3H3;4-7,9-12H,1-3H3;5*1H;;;;/q;-1;;;;;;;;+2;+4/p-5. The van der Waals surface area contributed by atoms with Crippen LogP contribution in [0.3, 0.4) is 0 Å². The SMILES string of the molecule is CC(C)(C)c1cc(-c2ccccn2)[c-]c(-c2cnncn2)c1.CC(C)(C)c1cc(-c2ccccn2)cc(-c2cnncn2)c1.[Cl][Pt+].[Cl][Pt]([Cl])([Cl])[Cl].[K][K]. The predicted octanol–water partition coefficient (Wildman–Crippen LogP) is 10.3. The van der Waals surface area contributed by atoms with Crippen LogP contribution in [0.5, 0.6) is 0 Å².